The summed E-state index contributed by atoms with van der Waals surface area (Å²) in [6.45, 7) is 2.63. The minimum absolute atomic E-state index is 0.169. The summed E-state index contributed by atoms with van der Waals surface area (Å²) in [5.74, 6) is -0.911. The number of carbonyl (C=O) groups is 2. The lowest BCUT2D eigenvalue weighted by Gasteiger charge is -2.42. The molecule has 2 fully saturated rings. The number of rotatable bonds is 47. The zero-order valence-corrected chi connectivity index (χ0v) is 45.2. The fourth-order valence-electron chi connectivity index (χ4n) is 9.45. The average molecular weight is 1030 g/mol. The number of carbonyl (C=O) groups excluding carboxylic acids is 2. The van der Waals surface area contributed by atoms with Crippen LogP contribution < -0.4 is 0 Å². The summed E-state index contributed by atoms with van der Waals surface area (Å²) in [6, 6.07) is 0. The quantitative estimate of drug-likeness (QED) is 0.0171. The van der Waals surface area contributed by atoms with Crippen LogP contribution in [-0.4, -0.2) is 142 Å². The number of allylic oxidation sites excluding steroid dienone is 2. The third kappa shape index (κ3) is 31.3. The molecular weight excluding hydrogens is 925 g/mol. The molecule has 2 saturated heterocycles. The Morgan fingerprint density at radius 2 is 0.792 bits per heavy atom. The van der Waals surface area contributed by atoms with Gasteiger partial charge in [0, 0.05) is 12.8 Å². The molecule has 0 aromatic heterocycles. The van der Waals surface area contributed by atoms with E-state index in [0.29, 0.717) is 12.8 Å². The van der Waals surface area contributed by atoms with Crippen LogP contribution in [0.3, 0.4) is 0 Å². The first-order chi connectivity index (χ1) is 35.0. The van der Waals surface area contributed by atoms with Crippen molar-refractivity contribution >= 4 is 11.9 Å². The van der Waals surface area contributed by atoms with E-state index in [9.17, 15) is 45.3 Å². The zero-order valence-electron chi connectivity index (χ0n) is 45.2. The lowest BCUT2D eigenvalue weighted by Crippen LogP contribution is -2.61. The smallest absolute Gasteiger partial charge is 0.306 e. The Hall–Kier alpha value is -1.76. The van der Waals surface area contributed by atoms with Gasteiger partial charge in [-0.25, -0.2) is 0 Å². The monoisotopic (exact) mass is 1030 g/mol. The number of unbranched alkanes of at least 4 members (excludes halogenated alkanes) is 31. The summed E-state index contributed by atoms with van der Waals surface area (Å²) in [7, 11) is 0. The van der Waals surface area contributed by atoms with Crippen molar-refractivity contribution in [3.8, 4) is 0 Å². The minimum Gasteiger partial charge on any atom is -0.462 e. The maximum atomic E-state index is 13.1. The molecule has 72 heavy (non-hydrogen) atoms. The van der Waals surface area contributed by atoms with E-state index in [1.54, 1.807) is 0 Å². The molecule has 0 bridgehead atoms. The number of aliphatic hydroxyl groups is 7. The van der Waals surface area contributed by atoms with Gasteiger partial charge in [-0.2, -0.15) is 0 Å². The molecular formula is C57H106O15. The molecule has 11 atom stereocenters. The Kier molecular flexibility index (Phi) is 40.9. The van der Waals surface area contributed by atoms with Gasteiger partial charge >= 0.3 is 11.9 Å². The molecule has 0 radical (unpaired) electrons. The average Bonchev–Trinajstić information content (AvgIpc) is 3.37. The Bertz CT molecular complexity index is 1300. The maximum Gasteiger partial charge on any atom is 0.306 e. The maximum absolute atomic E-state index is 13.1. The van der Waals surface area contributed by atoms with Gasteiger partial charge < -0.3 is 64.2 Å². The standard InChI is InChI=1S/C57H106O15/c1-3-5-7-9-11-13-15-17-18-19-20-21-22-23-24-25-26-28-30-32-34-36-38-40-49(60)70-45(42-67-48(59)39-37-35-33-31-29-27-16-14-12-10-8-6-4-2)43-68-56-55(66)53(64)51(62)47(72-56)44-69-57-54(65)52(63)50(61)46(41-58)71-57/h19-20,45-47,50-58,61-66H,3-18,21-44H2,1-2H3/b20-19-. The molecule has 0 amide bonds. The topological polar surface area (TPSA) is 231 Å². The second kappa shape index (κ2) is 44.4. The lowest BCUT2D eigenvalue weighted by molar-refractivity contribution is -0.332. The number of hydrogen-bond donors (Lipinski definition) is 7. The Labute approximate surface area is 435 Å². The van der Waals surface area contributed by atoms with Crippen molar-refractivity contribution in [3.63, 3.8) is 0 Å². The zero-order chi connectivity index (χ0) is 52.4. The molecule has 0 aromatic carbocycles. The highest BCUT2D eigenvalue weighted by molar-refractivity contribution is 5.70. The van der Waals surface area contributed by atoms with Gasteiger partial charge in [-0.05, 0) is 38.5 Å². The first-order valence-electron chi connectivity index (χ1n) is 29.3. The van der Waals surface area contributed by atoms with Crippen LogP contribution in [-0.2, 0) is 38.0 Å². The van der Waals surface area contributed by atoms with Crippen molar-refractivity contribution < 1.29 is 73.8 Å². The number of hydrogen-bond acceptors (Lipinski definition) is 15. The third-order valence-corrected chi connectivity index (χ3v) is 14.2. The van der Waals surface area contributed by atoms with E-state index in [-0.39, 0.29) is 26.1 Å². The normalized spacial score (nSPS) is 25.0. The fraction of sp³-hybridized carbons (Fsp3) is 0.930. The molecule has 7 N–H and O–H groups in total. The van der Waals surface area contributed by atoms with Crippen LogP contribution in [0, 0.1) is 0 Å². The van der Waals surface area contributed by atoms with Crippen LogP contribution in [0.4, 0.5) is 0 Å². The van der Waals surface area contributed by atoms with Gasteiger partial charge in [0.1, 0.15) is 55.4 Å². The van der Waals surface area contributed by atoms with Gasteiger partial charge in [-0.15, -0.1) is 0 Å². The first-order valence-corrected chi connectivity index (χ1v) is 29.3. The molecule has 424 valence electrons. The van der Waals surface area contributed by atoms with Crippen molar-refractivity contribution in [2.75, 3.05) is 26.4 Å². The van der Waals surface area contributed by atoms with Gasteiger partial charge in [-0.1, -0.05) is 206 Å². The molecule has 0 aliphatic carbocycles. The largest absolute Gasteiger partial charge is 0.462 e. The van der Waals surface area contributed by atoms with E-state index in [2.05, 4.69) is 26.0 Å². The highest BCUT2D eigenvalue weighted by Crippen LogP contribution is 2.27. The van der Waals surface area contributed by atoms with Gasteiger partial charge in [0.25, 0.3) is 0 Å². The number of aliphatic hydroxyl groups excluding tert-OH is 7. The summed E-state index contributed by atoms with van der Waals surface area (Å²) < 4.78 is 33.7. The van der Waals surface area contributed by atoms with E-state index in [4.69, 9.17) is 28.4 Å². The third-order valence-electron chi connectivity index (χ3n) is 14.2. The highest BCUT2D eigenvalue weighted by Gasteiger charge is 2.47. The lowest BCUT2D eigenvalue weighted by atomic mass is 9.98. The van der Waals surface area contributed by atoms with E-state index in [1.165, 1.54) is 167 Å². The van der Waals surface area contributed by atoms with Gasteiger partial charge in [-0.3, -0.25) is 9.59 Å². The summed E-state index contributed by atoms with van der Waals surface area (Å²) in [6.07, 6.45) is 29.5. The van der Waals surface area contributed by atoms with Crippen LogP contribution in [0.15, 0.2) is 12.2 Å². The molecule has 2 rings (SSSR count). The van der Waals surface area contributed by atoms with Crippen LogP contribution in [0.25, 0.3) is 0 Å². The number of esters is 2. The van der Waals surface area contributed by atoms with Crippen molar-refractivity contribution in [1.82, 2.24) is 0 Å². The summed E-state index contributed by atoms with van der Waals surface area (Å²) in [5.41, 5.74) is 0. The summed E-state index contributed by atoms with van der Waals surface area (Å²) >= 11 is 0. The van der Waals surface area contributed by atoms with Crippen LogP contribution >= 0.6 is 0 Å². The molecule has 2 aliphatic rings. The fourth-order valence-corrected chi connectivity index (χ4v) is 9.45. The van der Waals surface area contributed by atoms with Crippen LogP contribution in [0.1, 0.15) is 245 Å². The Morgan fingerprint density at radius 3 is 1.22 bits per heavy atom. The second-order valence-corrected chi connectivity index (χ2v) is 20.8. The SMILES string of the molecule is CCCCCCCCCC/C=C\CCCCCCCCCCCCCC(=O)OC(COC(=O)CCCCCCCCCCCCCCC)COC1OC(COC2OC(CO)C(O)C(O)C2O)C(O)C(O)C1O. The van der Waals surface area contributed by atoms with E-state index in [0.717, 1.165) is 38.5 Å². The van der Waals surface area contributed by atoms with Crippen molar-refractivity contribution in [1.29, 1.82) is 0 Å². The second-order valence-electron chi connectivity index (χ2n) is 20.8. The number of ether oxygens (including phenoxy) is 6. The molecule has 2 aliphatic heterocycles. The van der Waals surface area contributed by atoms with Crippen molar-refractivity contribution in [3.05, 3.63) is 12.2 Å². The molecule has 0 spiro atoms. The minimum atomic E-state index is -1.76. The van der Waals surface area contributed by atoms with Crippen LogP contribution in [0.2, 0.25) is 0 Å². The van der Waals surface area contributed by atoms with E-state index >= 15 is 0 Å². The predicted molar refractivity (Wildman–Crippen MR) is 280 cm³/mol. The molecule has 15 heteroatoms. The molecule has 0 aromatic rings. The molecule has 11 unspecified atom stereocenters. The molecule has 0 saturated carbocycles. The van der Waals surface area contributed by atoms with Gasteiger partial charge in [0.05, 0.1) is 19.8 Å². The van der Waals surface area contributed by atoms with E-state index < -0.39 is 92.7 Å². The highest BCUT2D eigenvalue weighted by atomic mass is 16.7. The first kappa shape index (κ1) is 66.4. The van der Waals surface area contributed by atoms with Gasteiger partial charge in [0.15, 0.2) is 18.7 Å². The Morgan fingerprint density at radius 1 is 0.431 bits per heavy atom. The predicted octanol–water partition coefficient (Wildman–Crippen LogP) is 9.72. The molecule has 2 heterocycles. The van der Waals surface area contributed by atoms with Gasteiger partial charge in [0.2, 0.25) is 0 Å². The Balaban J connectivity index is 1.72. The van der Waals surface area contributed by atoms with Crippen LogP contribution in [0.5, 0.6) is 0 Å². The van der Waals surface area contributed by atoms with Crippen molar-refractivity contribution in [2.45, 2.75) is 313 Å². The van der Waals surface area contributed by atoms with E-state index in [1.807, 2.05) is 0 Å². The molecule has 15 nitrogen and oxygen atoms in total. The van der Waals surface area contributed by atoms with Crippen molar-refractivity contribution in [2.24, 2.45) is 0 Å². The summed E-state index contributed by atoms with van der Waals surface area (Å²) in [4.78, 5) is 25.8. The summed E-state index contributed by atoms with van der Waals surface area (Å²) in [5, 5.41) is 72.2.